The van der Waals surface area contributed by atoms with E-state index in [1.807, 2.05) is 12.2 Å². The number of rotatable bonds is 12. The number of halogens is 4. The van der Waals surface area contributed by atoms with E-state index in [1.165, 1.54) is 0 Å². The van der Waals surface area contributed by atoms with E-state index >= 15 is 0 Å². The average Bonchev–Trinajstić information content (AvgIpc) is 2.44. The van der Waals surface area contributed by atoms with Crippen molar-refractivity contribution in [1.82, 2.24) is 0 Å². The van der Waals surface area contributed by atoms with Gasteiger partial charge in [0.1, 0.15) is 0 Å². The smallest absolute Gasteiger partial charge is 0.0911 e. The normalized spacial score (nSPS) is 18.7. The molecule has 0 aliphatic rings. The average molecular weight is 408 g/mol. The van der Waals surface area contributed by atoms with E-state index in [0.29, 0.717) is 11.1 Å². The first-order valence-corrected chi connectivity index (χ1v) is 12.4. The second kappa shape index (κ2) is 12.5. The SMILES string of the molecule is C=CC(OC(C=C)C(CC)[SiH2]C(Cl)Cl)C(CC)[SiH2]C(Cl)Cl. The van der Waals surface area contributed by atoms with E-state index in [2.05, 4.69) is 27.0 Å². The maximum absolute atomic E-state index is 6.26. The molecule has 4 atom stereocenters. The van der Waals surface area contributed by atoms with Crippen LogP contribution in [0.3, 0.4) is 0 Å². The van der Waals surface area contributed by atoms with Crippen LogP contribution in [0.5, 0.6) is 0 Å². The summed E-state index contributed by atoms with van der Waals surface area (Å²) >= 11 is 23.9. The predicted molar refractivity (Wildman–Crippen MR) is 105 cm³/mol. The highest BCUT2D eigenvalue weighted by molar-refractivity contribution is 6.69. The van der Waals surface area contributed by atoms with Gasteiger partial charge in [0.05, 0.1) is 40.2 Å². The Morgan fingerprint density at radius 3 is 1.38 bits per heavy atom. The third-order valence-electron chi connectivity index (χ3n) is 3.72. The van der Waals surface area contributed by atoms with Crippen molar-refractivity contribution in [3.05, 3.63) is 25.3 Å². The van der Waals surface area contributed by atoms with Gasteiger partial charge in [-0.25, -0.2) is 0 Å². The minimum atomic E-state index is -0.642. The van der Waals surface area contributed by atoms with Crippen LogP contribution in [0.4, 0.5) is 0 Å². The highest BCUT2D eigenvalue weighted by atomic mass is 35.5. The third kappa shape index (κ3) is 9.04. The largest absolute Gasteiger partial charge is 0.367 e. The molecule has 0 radical (unpaired) electrons. The standard InChI is InChI=1S/C14H26Cl4OSi2/c1-5-9(11(7-3)20-13(15)16)19-10(6-2)12(8-4)21-14(17)18/h5-6,9-14H,1-2,7-8,20-21H2,3-4H3. The van der Waals surface area contributed by atoms with Crippen LogP contribution in [0.2, 0.25) is 11.1 Å². The predicted octanol–water partition coefficient (Wildman–Crippen LogP) is 4.37. The molecule has 0 amide bonds. The van der Waals surface area contributed by atoms with E-state index in [1.54, 1.807) is 0 Å². The van der Waals surface area contributed by atoms with E-state index < -0.39 is 19.0 Å². The lowest BCUT2D eigenvalue weighted by Gasteiger charge is -2.31. The summed E-state index contributed by atoms with van der Waals surface area (Å²) in [6.07, 6.45) is 5.64. The van der Waals surface area contributed by atoms with Gasteiger partial charge in [-0.15, -0.1) is 59.6 Å². The summed E-state index contributed by atoms with van der Waals surface area (Å²) in [6, 6.07) is 0. The van der Waals surface area contributed by atoms with Gasteiger partial charge in [-0.05, 0) is 11.1 Å². The van der Waals surface area contributed by atoms with Gasteiger partial charge in [-0.3, -0.25) is 0 Å². The Labute approximate surface area is 154 Å². The quantitative estimate of drug-likeness (QED) is 0.265. The van der Waals surface area contributed by atoms with E-state index in [0.717, 1.165) is 12.8 Å². The number of hydrogen-bond donors (Lipinski definition) is 0. The Balaban J connectivity index is 4.86. The van der Waals surface area contributed by atoms with Gasteiger partial charge in [0.2, 0.25) is 0 Å². The zero-order valence-corrected chi connectivity index (χ0v) is 18.6. The van der Waals surface area contributed by atoms with Crippen molar-refractivity contribution >= 4 is 65.4 Å². The fourth-order valence-electron chi connectivity index (χ4n) is 2.42. The lowest BCUT2D eigenvalue weighted by Crippen LogP contribution is -2.32. The number of ether oxygens (including phenoxy) is 1. The number of hydrogen-bond acceptors (Lipinski definition) is 1. The van der Waals surface area contributed by atoms with Gasteiger partial charge >= 0.3 is 0 Å². The lowest BCUT2D eigenvalue weighted by atomic mass is 10.1. The Kier molecular flexibility index (Phi) is 13.1. The molecule has 0 aliphatic heterocycles. The Hall–Kier alpha value is 1.03. The molecule has 0 heterocycles. The molecule has 0 aliphatic carbocycles. The molecule has 0 saturated heterocycles. The second-order valence-electron chi connectivity index (χ2n) is 5.13. The fourth-order valence-corrected chi connectivity index (χ4v) is 7.90. The van der Waals surface area contributed by atoms with E-state index in [9.17, 15) is 0 Å². The van der Waals surface area contributed by atoms with Crippen LogP contribution in [0.15, 0.2) is 25.3 Å². The Morgan fingerprint density at radius 1 is 0.857 bits per heavy atom. The van der Waals surface area contributed by atoms with Crippen molar-refractivity contribution in [2.75, 3.05) is 0 Å². The summed E-state index contributed by atoms with van der Waals surface area (Å²) in [5.41, 5.74) is 0.763. The van der Waals surface area contributed by atoms with Crippen LogP contribution in [0.25, 0.3) is 0 Å². The van der Waals surface area contributed by atoms with Gasteiger partial charge in [-0.2, -0.15) is 0 Å². The highest BCUT2D eigenvalue weighted by Gasteiger charge is 2.27. The molecule has 0 saturated carbocycles. The molecule has 0 rings (SSSR count). The van der Waals surface area contributed by atoms with Crippen molar-refractivity contribution < 1.29 is 4.74 Å². The molecule has 124 valence electrons. The van der Waals surface area contributed by atoms with Crippen molar-refractivity contribution in [2.24, 2.45) is 0 Å². The Morgan fingerprint density at radius 2 is 1.19 bits per heavy atom. The van der Waals surface area contributed by atoms with Crippen molar-refractivity contribution in [3.8, 4) is 0 Å². The van der Waals surface area contributed by atoms with Gasteiger partial charge < -0.3 is 4.74 Å². The summed E-state index contributed by atoms with van der Waals surface area (Å²) in [5, 5.41) is 0. The number of alkyl halides is 4. The van der Waals surface area contributed by atoms with Crippen LogP contribution in [-0.2, 0) is 4.74 Å². The monoisotopic (exact) mass is 406 g/mol. The van der Waals surface area contributed by atoms with Gasteiger partial charge in [-0.1, -0.05) is 38.8 Å². The fraction of sp³-hybridized carbons (Fsp3) is 0.714. The lowest BCUT2D eigenvalue weighted by molar-refractivity contribution is 0.0320. The maximum Gasteiger partial charge on any atom is 0.0911 e. The molecule has 0 aromatic rings. The minimum Gasteiger partial charge on any atom is -0.367 e. The van der Waals surface area contributed by atoms with E-state index in [4.69, 9.17) is 51.1 Å². The Bertz CT molecular complexity index is 275. The van der Waals surface area contributed by atoms with Crippen LogP contribution in [0, 0.1) is 0 Å². The molecule has 7 heteroatoms. The minimum absolute atomic E-state index is 0.0307. The summed E-state index contributed by atoms with van der Waals surface area (Å²) in [4.78, 5) is 0. The van der Waals surface area contributed by atoms with Gasteiger partial charge in [0, 0.05) is 0 Å². The first-order chi connectivity index (χ1) is 9.89. The molecule has 0 bridgehead atoms. The molecule has 4 unspecified atom stereocenters. The highest BCUT2D eigenvalue weighted by Crippen LogP contribution is 2.29. The molecule has 0 fully saturated rings. The molecule has 0 spiro atoms. The van der Waals surface area contributed by atoms with Crippen LogP contribution < -0.4 is 0 Å². The molecule has 0 aromatic carbocycles. The zero-order chi connectivity index (χ0) is 16.4. The summed E-state index contributed by atoms with van der Waals surface area (Å²) in [5.74, 6) is 0. The third-order valence-corrected chi connectivity index (χ3v) is 9.86. The van der Waals surface area contributed by atoms with Crippen LogP contribution in [0.1, 0.15) is 26.7 Å². The van der Waals surface area contributed by atoms with Crippen molar-refractivity contribution in [2.45, 2.75) is 58.9 Å². The van der Waals surface area contributed by atoms with Gasteiger partial charge in [0.15, 0.2) is 0 Å². The topological polar surface area (TPSA) is 9.23 Å². The second-order valence-corrected chi connectivity index (χ2v) is 14.4. The summed E-state index contributed by atoms with van der Waals surface area (Å²) in [6.45, 7) is 12.1. The molecule has 21 heavy (non-hydrogen) atoms. The first-order valence-electron chi connectivity index (χ1n) is 7.36. The zero-order valence-electron chi connectivity index (χ0n) is 12.8. The molecule has 1 nitrogen and oxygen atoms in total. The van der Waals surface area contributed by atoms with Gasteiger partial charge in [0.25, 0.3) is 0 Å². The maximum atomic E-state index is 6.26. The molecule has 0 N–H and O–H groups in total. The molecular formula is C14H26Cl4OSi2. The first kappa shape index (κ1) is 22.0. The molecule has 0 aromatic heterocycles. The van der Waals surface area contributed by atoms with Crippen molar-refractivity contribution in [3.63, 3.8) is 0 Å². The van der Waals surface area contributed by atoms with Crippen molar-refractivity contribution in [1.29, 1.82) is 0 Å². The van der Waals surface area contributed by atoms with E-state index in [-0.39, 0.29) is 21.1 Å². The van der Waals surface area contributed by atoms with Crippen LogP contribution in [-0.4, -0.2) is 40.2 Å². The van der Waals surface area contributed by atoms with Crippen LogP contribution >= 0.6 is 46.4 Å². The summed E-state index contributed by atoms with van der Waals surface area (Å²) < 4.78 is 5.75. The molecular weight excluding hydrogens is 382 g/mol. The summed E-state index contributed by atoms with van der Waals surface area (Å²) in [7, 11) is -1.28.